The summed E-state index contributed by atoms with van der Waals surface area (Å²) in [6.45, 7) is 2.08. The number of carbonyl (C=O) groups excluding carboxylic acids is 1. The van der Waals surface area contributed by atoms with Gasteiger partial charge in [-0.2, -0.15) is 18.2 Å². The third-order valence-corrected chi connectivity index (χ3v) is 4.88. The molecule has 1 amide bonds. The monoisotopic (exact) mass is 361 g/mol. The van der Waals surface area contributed by atoms with E-state index in [0.717, 1.165) is 17.7 Å². The number of hydroxylamine groups is 2. The number of hydrogen-bond acceptors (Lipinski definition) is 6. The van der Waals surface area contributed by atoms with Gasteiger partial charge in [0.15, 0.2) is 0 Å². The fourth-order valence-corrected chi connectivity index (χ4v) is 3.00. The summed E-state index contributed by atoms with van der Waals surface area (Å²) in [4.78, 5) is 21.9. The van der Waals surface area contributed by atoms with Crippen LogP contribution in [0, 0.1) is 5.41 Å². The molecule has 0 atom stereocenters. The number of alkyl halides is 3. The first-order chi connectivity index (χ1) is 11.2. The number of thiophene rings is 1. The molecule has 0 N–H and O–H groups in total. The highest BCUT2D eigenvalue weighted by atomic mass is 32.1. The van der Waals surface area contributed by atoms with Crippen molar-refractivity contribution in [3.05, 3.63) is 22.9 Å². The van der Waals surface area contributed by atoms with Crippen molar-refractivity contribution in [3.63, 3.8) is 0 Å². The molecule has 1 aliphatic rings. The predicted octanol–water partition coefficient (Wildman–Crippen LogP) is 3.51. The van der Waals surface area contributed by atoms with E-state index in [0.29, 0.717) is 4.88 Å². The molecule has 1 fully saturated rings. The first-order valence-electron chi connectivity index (χ1n) is 7.09. The third-order valence-electron chi connectivity index (χ3n) is 3.81. The van der Waals surface area contributed by atoms with Crippen molar-refractivity contribution in [2.45, 2.75) is 32.5 Å². The fraction of sp³-hybridized carbons (Fsp3) is 0.500. The molecule has 6 nitrogen and oxygen atoms in total. The number of amides is 1. The SMILES string of the molecule is CON(Cc1ccc(-c2noc(C(F)(F)F)n2)s1)C(=O)C1(C)CC1. The van der Waals surface area contributed by atoms with Crippen LogP contribution < -0.4 is 0 Å². The topological polar surface area (TPSA) is 68.5 Å². The number of carbonyl (C=O) groups is 1. The molecule has 0 radical (unpaired) electrons. The molecule has 2 heterocycles. The van der Waals surface area contributed by atoms with Crippen LogP contribution in [0.1, 0.15) is 30.5 Å². The molecule has 0 spiro atoms. The number of hydrogen-bond donors (Lipinski definition) is 0. The van der Waals surface area contributed by atoms with E-state index < -0.39 is 12.1 Å². The number of aromatic nitrogens is 2. The van der Waals surface area contributed by atoms with Gasteiger partial charge in [-0.1, -0.05) is 12.1 Å². The Labute approximate surface area is 139 Å². The molecule has 1 saturated carbocycles. The van der Waals surface area contributed by atoms with Crippen LogP contribution in [0.4, 0.5) is 13.2 Å². The fourth-order valence-electron chi connectivity index (χ4n) is 2.08. The Bertz CT molecular complexity index is 752. The van der Waals surface area contributed by atoms with Crippen molar-refractivity contribution in [2.75, 3.05) is 7.11 Å². The second-order valence-corrected chi connectivity index (χ2v) is 6.94. The van der Waals surface area contributed by atoms with Crippen molar-refractivity contribution in [2.24, 2.45) is 5.41 Å². The Kier molecular flexibility index (Phi) is 4.12. The average molecular weight is 361 g/mol. The Morgan fingerprint density at radius 3 is 2.71 bits per heavy atom. The lowest BCUT2D eigenvalue weighted by Crippen LogP contribution is -2.34. The largest absolute Gasteiger partial charge is 0.471 e. The number of rotatable bonds is 5. The van der Waals surface area contributed by atoms with Gasteiger partial charge in [0.05, 0.1) is 18.5 Å². The van der Waals surface area contributed by atoms with Gasteiger partial charge in [-0.3, -0.25) is 9.63 Å². The van der Waals surface area contributed by atoms with Crippen LogP contribution in [0.2, 0.25) is 0 Å². The molecule has 1 aliphatic carbocycles. The summed E-state index contributed by atoms with van der Waals surface area (Å²) in [6.07, 6.45) is -3.03. The predicted molar refractivity (Wildman–Crippen MR) is 77.5 cm³/mol. The van der Waals surface area contributed by atoms with E-state index in [1.807, 2.05) is 6.92 Å². The summed E-state index contributed by atoms with van der Waals surface area (Å²) in [5, 5.41) is 4.61. The van der Waals surface area contributed by atoms with Gasteiger partial charge in [0, 0.05) is 10.3 Å². The molecule has 0 bridgehead atoms. The van der Waals surface area contributed by atoms with Crippen LogP contribution in [0.15, 0.2) is 16.7 Å². The Morgan fingerprint density at radius 2 is 2.17 bits per heavy atom. The zero-order valence-corrected chi connectivity index (χ0v) is 13.7. The summed E-state index contributed by atoms with van der Waals surface area (Å²) in [7, 11) is 1.41. The molecule has 2 aromatic rings. The van der Waals surface area contributed by atoms with Crippen LogP contribution in [0.5, 0.6) is 0 Å². The minimum Gasteiger partial charge on any atom is -0.329 e. The van der Waals surface area contributed by atoms with Gasteiger partial charge in [0.1, 0.15) is 0 Å². The van der Waals surface area contributed by atoms with E-state index in [9.17, 15) is 18.0 Å². The van der Waals surface area contributed by atoms with Crippen LogP contribution in [0.25, 0.3) is 10.7 Å². The van der Waals surface area contributed by atoms with E-state index in [4.69, 9.17) is 4.84 Å². The standard InChI is InChI=1S/C14H14F3N3O3S/c1-13(5-6-13)12(21)20(22-2)7-8-3-4-9(24-8)10-18-11(23-19-10)14(15,16)17/h3-4H,5-7H2,1-2H3. The first kappa shape index (κ1) is 16.9. The highest BCUT2D eigenvalue weighted by molar-refractivity contribution is 7.15. The van der Waals surface area contributed by atoms with Crippen LogP contribution in [-0.4, -0.2) is 28.2 Å². The van der Waals surface area contributed by atoms with Crippen LogP contribution in [-0.2, 0) is 22.4 Å². The van der Waals surface area contributed by atoms with E-state index in [-0.39, 0.29) is 23.7 Å². The molecule has 2 aromatic heterocycles. The van der Waals surface area contributed by atoms with Crippen molar-refractivity contribution in [3.8, 4) is 10.7 Å². The van der Waals surface area contributed by atoms with Gasteiger partial charge in [-0.25, -0.2) is 5.06 Å². The number of halogens is 3. The maximum atomic E-state index is 12.5. The van der Waals surface area contributed by atoms with Crippen molar-refractivity contribution in [1.82, 2.24) is 15.2 Å². The molecule has 3 rings (SSSR count). The second-order valence-electron chi connectivity index (χ2n) is 5.77. The van der Waals surface area contributed by atoms with Gasteiger partial charge in [-0.05, 0) is 25.0 Å². The lowest BCUT2D eigenvalue weighted by atomic mass is 10.1. The average Bonchev–Trinajstić information content (AvgIpc) is 2.97. The molecule has 0 aliphatic heterocycles. The van der Waals surface area contributed by atoms with E-state index in [1.165, 1.54) is 23.5 Å². The van der Waals surface area contributed by atoms with Gasteiger partial charge < -0.3 is 4.52 Å². The third kappa shape index (κ3) is 3.29. The Morgan fingerprint density at radius 1 is 1.46 bits per heavy atom. The van der Waals surface area contributed by atoms with E-state index >= 15 is 0 Å². The quantitative estimate of drug-likeness (QED) is 0.763. The van der Waals surface area contributed by atoms with Crippen LogP contribution in [0.3, 0.4) is 0 Å². The molecule has 0 aromatic carbocycles. The molecule has 10 heteroatoms. The first-order valence-corrected chi connectivity index (χ1v) is 7.91. The zero-order valence-electron chi connectivity index (χ0n) is 12.9. The van der Waals surface area contributed by atoms with E-state index in [1.54, 1.807) is 12.1 Å². The summed E-state index contributed by atoms with van der Waals surface area (Å²) in [6, 6.07) is 3.28. The van der Waals surface area contributed by atoms with Crippen LogP contribution >= 0.6 is 11.3 Å². The minimum atomic E-state index is -4.68. The summed E-state index contributed by atoms with van der Waals surface area (Å²) in [5.74, 6) is -1.62. The normalized spacial score (nSPS) is 16.2. The molecule has 0 saturated heterocycles. The Balaban J connectivity index is 1.73. The van der Waals surface area contributed by atoms with Crippen molar-refractivity contribution in [1.29, 1.82) is 0 Å². The molecular formula is C14H14F3N3O3S. The summed E-state index contributed by atoms with van der Waals surface area (Å²) >= 11 is 1.18. The molecule has 24 heavy (non-hydrogen) atoms. The zero-order chi connectivity index (χ0) is 17.5. The van der Waals surface area contributed by atoms with Crippen molar-refractivity contribution >= 4 is 17.2 Å². The summed E-state index contributed by atoms with van der Waals surface area (Å²) < 4.78 is 41.7. The van der Waals surface area contributed by atoms with Gasteiger partial charge in [0.25, 0.3) is 5.91 Å². The van der Waals surface area contributed by atoms with Crippen molar-refractivity contribution < 1.29 is 27.3 Å². The van der Waals surface area contributed by atoms with E-state index in [2.05, 4.69) is 14.7 Å². The lowest BCUT2D eigenvalue weighted by Gasteiger charge is -2.22. The minimum absolute atomic E-state index is 0.0983. The van der Waals surface area contributed by atoms with Gasteiger partial charge in [-0.15, -0.1) is 11.3 Å². The van der Waals surface area contributed by atoms with Gasteiger partial charge in [0.2, 0.25) is 5.82 Å². The van der Waals surface area contributed by atoms with Gasteiger partial charge >= 0.3 is 12.1 Å². The lowest BCUT2D eigenvalue weighted by molar-refractivity contribution is -0.184. The number of nitrogens with zero attached hydrogens (tertiary/aromatic N) is 3. The maximum Gasteiger partial charge on any atom is 0.471 e. The highest BCUT2D eigenvalue weighted by Gasteiger charge is 2.47. The summed E-state index contributed by atoms with van der Waals surface area (Å²) in [5.41, 5.74) is -0.370. The maximum absolute atomic E-state index is 12.5. The molecule has 0 unspecified atom stereocenters. The molecular weight excluding hydrogens is 347 g/mol. The highest BCUT2D eigenvalue weighted by Crippen LogP contribution is 2.46. The smallest absolute Gasteiger partial charge is 0.329 e. The second kappa shape index (κ2) is 5.85. The Hall–Kier alpha value is -1.94. The molecule has 130 valence electrons.